The van der Waals surface area contributed by atoms with Crippen molar-refractivity contribution < 1.29 is 29.3 Å². The quantitative estimate of drug-likeness (QED) is 0.376. The number of fused-ring (bicyclic) bond motifs is 1. The zero-order valence-corrected chi connectivity index (χ0v) is 17.8. The van der Waals surface area contributed by atoms with Crippen molar-refractivity contribution in [2.75, 3.05) is 12.1 Å². The van der Waals surface area contributed by atoms with E-state index in [2.05, 4.69) is 5.32 Å². The Hall–Kier alpha value is -4.79. The van der Waals surface area contributed by atoms with Gasteiger partial charge in [0.2, 0.25) is 6.79 Å². The second-order valence-electron chi connectivity index (χ2n) is 7.60. The van der Waals surface area contributed by atoms with E-state index in [1.165, 1.54) is 24.3 Å². The third-order valence-electron chi connectivity index (χ3n) is 5.43. The van der Waals surface area contributed by atoms with Gasteiger partial charge in [0.05, 0.1) is 22.5 Å². The van der Waals surface area contributed by atoms with E-state index < -0.39 is 11.9 Å². The van der Waals surface area contributed by atoms with Crippen LogP contribution in [-0.4, -0.2) is 38.7 Å². The van der Waals surface area contributed by atoms with Gasteiger partial charge in [-0.15, -0.1) is 0 Å². The van der Waals surface area contributed by atoms with Gasteiger partial charge in [-0.3, -0.25) is 0 Å². The predicted octanol–water partition coefficient (Wildman–Crippen LogP) is 4.28. The Kier molecular flexibility index (Phi) is 5.35. The molecule has 0 saturated carbocycles. The molecular formula is C25H19N3O6. The first-order valence-corrected chi connectivity index (χ1v) is 10.4. The minimum atomic E-state index is -1.00. The fraction of sp³-hybridized carbons (Fsp3) is 0.0800. The highest BCUT2D eigenvalue weighted by Crippen LogP contribution is 2.34. The second-order valence-corrected chi connectivity index (χ2v) is 7.60. The first-order valence-electron chi connectivity index (χ1n) is 10.4. The van der Waals surface area contributed by atoms with Crippen LogP contribution in [0.3, 0.4) is 0 Å². The average molecular weight is 457 g/mol. The minimum Gasteiger partial charge on any atom is -0.478 e. The van der Waals surface area contributed by atoms with E-state index in [1.54, 1.807) is 28.9 Å². The SMILES string of the molecule is O=C(O)c1ccc(-c2nn(-c3ccc(C(=O)O)cc3)cc2CNc2ccc3c(c2)OCO3)cc1. The van der Waals surface area contributed by atoms with Crippen molar-refractivity contribution in [2.45, 2.75) is 6.54 Å². The molecule has 0 fully saturated rings. The van der Waals surface area contributed by atoms with E-state index in [-0.39, 0.29) is 17.9 Å². The van der Waals surface area contributed by atoms with Crippen LogP contribution in [-0.2, 0) is 6.54 Å². The number of hydrogen-bond acceptors (Lipinski definition) is 6. The van der Waals surface area contributed by atoms with Crippen LogP contribution in [0.5, 0.6) is 11.5 Å². The lowest BCUT2D eigenvalue weighted by atomic mass is 10.1. The second kappa shape index (κ2) is 8.62. The summed E-state index contributed by atoms with van der Waals surface area (Å²) in [5.41, 5.74) is 4.21. The molecule has 5 rings (SSSR count). The molecule has 1 aliphatic heterocycles. The van der Waals surface area contributed by atoms with Crippen LogP contribution in [0.2, 0.25) is 0 Å². The summed E-state index contributed by atoms with van der Waals surface area (Å²) in [7, 11) is 0. The molecular weight excluding hydrogens is 438 g/mol. The van der Waals surface area contributed by atoms with Crippen LogP contribution in [0.4, 0.5) is 5.69 Å². The van der Waals surface area contributed by atoms with Crippen molar-refractivity contribution in [3.05, 3.63) is 89.6 Å². The summed E-state index contributed by atoms with van der Waals surface area (Å²) in [6.07, 6.45) is 1.86. The van der Waals surface area contributed by atoms with Gasteiger partial charge in [0.15, 0.2) is 11.5 Å². The number of carboxylic acid groups (broad SMARTS) is 2. The first-order chi connectivity index (χ1) is 16.5. The predicted molar refractivity (Wildman–Crippen MR) is 123 cm³/mol. The molecule has 4 aromatic rings. The van der Waals surface area contributed by atoms with Gasteiger partial charge in [0.25, 0.3) is 0 Å². The van der Waals surface area contributed by atoms with E-state index in [9.17, 15) is 14.7 Å². The van der Waals surface area contributed by atoms with E-state index in [0.717, 1.165) is 16.8 Å². The highest BCUT2D eigenvalue weighted by Gasteiger charge is 2.16. The molecule has 2 heterocycles. The highest BCUT2D eigenvalue weighted by atomic mass is 16.7. The van der Waals surface area contributed by atoms with E-state index in [1.807, 2.05) is 24.4 Å². The van der Waals surface area contributed by atoms with Crippen LogP contribution >= 0.6 is 0 Å². The molecule has 1 aromatic heterocycles. The number of nitrogens with one attached hydrogen (secondary N) is 1. The lowest BCUT2D eigenvalue weighted by Crippen LogP contribution is -2.00. The standard InChI is InChI=1S/C25H19N3O6/c29-24(30)16-3-1-15(2-4-16)23-18(12-26-19-7-10-21-22(11-19)34-14-33-21)13-28(27-23)20-8-5-17(6-9-20)25(31)32/h1-11,13,26H,12,14H2,(H,29,30)(H,31,32). The van der Waals surface area contributed by atoms with Crippen molar-refractivity contribution in [1.82, 2.24) is 9.78 Å². The van der Waals surface area contributed by atoms with Crippen LogP contribution in [0.1, 0.15) is 26.3 Å². The smallest absolute Gasteiger partial charge is 0.335 e. The number of benzene rings is 3. The number of rotatable bonds is 7. The summed E-state index contributed by atoms with van der Waals surface area (Å²) < 4.78 is 12.5. The molecule has 9 nitrogen and oxygen atoms in total. The Morgan fingerprint density at radius 1 is 0.882 bits per heavy atom. The number of aromatic nitrogens is 2. The third kappa shape index (κ3) is 4.14. The van der Waals surface area contributed by atoms with Crippen molar-refractivity contribution >= 4 is 17.6 Å². The molecule has 0 radical (unpaired) electrons. The summed E-state index contributed by atoms with van der Waals surface area (Å²) in [5, 5.41) is 26.4. The Bertz CT molecular complexity index is 1380. The Morgan fingerprint density at radius 3 is 2.21 bits per heavy atom. The molecule has 0 atom stereocenters. The van der Waals surface area contributed by atoms with E-state index in [4.69, 9.17) is 19.7 Å². The van der Waals surface area contributed by atoms with Crippen molar-refractivity contribution in [2.24, 2.45) is 0 Å². The molecule has 9 heteroatoms. The van der Waals surface area contributed by atoms with E-state index in [0.29, 0.717) is 29.4 Å². The lowest BCUT2D eigenvalue weighted by molar-refractivity contribution is 0.0686. The minimum absolute atomic E-state index is 0.185. The average Bonchev–Trinajstić information content (AvgIpc) is 3.49. The highest BCUT2D eigenvalue weighted by molar-refractivity contribution is 5.88. The van der Waals surface area contributed by atoms with Crippen LogP contribution in [0, 0.1) is 0 Å². The fourth-order valence-electron chi connectivity index (χ4n) is 3.65. The van der Waals surface area contributed by atoms with Gasteiger partial charge in [0.1, 0.15) is 0 Å². The Labute approximate surface area is 193 Å². The number of ether oxygens (including phenoxy) is 2. The lowest BCUT2D eigenvalue weighted by Gasteiger charge is -2.08. The summed E-state index contributed by atoms with van der Waals surface area (Å²) in [4.78, 5) is 22.4. The van der Waals surface area contributed by atoms with Crippen LogP contribution in [0.15, 0.2) is 72.9 Å². The topological polar surface area (TPSA) is 123 Å². The molecule has 170 valence electrons. The number of nitrogens with zero attached hydrogens (tertiary/aromatic N) is 2. The number of hydrogen-bond donors (Lipinski definition) is 3. The summed E-state index contributed by atoms with van der Waals surface area (Å²) >= 11 is 0. The molecule has 34 heavy (non-hydrogen) atoms. The van der Waals surface area contributed by atoms with Crippen LogP contribution < -0.4 is 14.8 Å². The Balaban J connectivity index is 1.47. The summed E-state index contributed by atoms with van der Waals surface area (Å²) in [6.45, 7) is 0.631. The maximum Gasteiger partial charge on any atom is 0.335 e. The third-order valence-corrected chi connectivity index (χ3v) is 5.43. The maximum atomic E-state index is 11.2. The zero-order valence-electron chi connectivity index (χ0n) is 17.8. The van der Waals surface area contributed by atoms with Gasteiger partial charge < -0.3 is 25.0 Å². The van der Waals surface area contributed by atoms with Crippen molar-refractivity contribution in [1.29, 1.82) is 0 Å². The van der Waals surface area contributed by atoms with Gasteiger partial charge in [-0.05, 0) is 48.5 Å². The van der Waals surface area contributed by atoms with Gasteiger partial charge in [-0.2, -0.15) is 5.10 Å². The van der Waals surface area contributed by atoms with Crippen molar-refractivity contribution in [3.63, 3.8) is 0 Å². The number of anilines is 1. The largest absolute Gasteiger partial charge is 0.478 e. The molecule has 0 unspecified atom stereocenters. The molecule has 0 aliphatic carbocycles. The normalized spacial score (nSPS) is 11.9. The number of carboxylic acids is 2. The molecule has 0 spiro atoms. The number of aromatic carboxylic acids is 2. The van der Waals surface area contributed by atoms with Gasteiger partial charge in [-0.25, -0.2) is 14.3 Å². The summed E-state index contributed by atoms with van der Waals surface area (Å²) in [5.74, 6) is -0.633. The van der Waals surface area contributed by atoms with Gasteiger partial charge in [0, 0.05) is 35.6 Å². The first kappa shape index (κ1) is 21.1. The molecule has 0 saturated heterocycles. The number of carbonyl (C=O) groups is 2. The molecule has 3 N–H and O–H groups in total. The molecule has 1 aliphatic rings. The van der Waals surface area contributed by atoms with Gasteiger partial charge in [-0.1, -0.05) is 12.1 Å². The zero-order chi connectivity index (χ0) is 23.7. The van der Waals surface area contributed by atoms with E-state index >= 15 is 0 Å². The molecule has 0 amide bonds. The van der Waals surface area contributed by atoms with Crippen LogP contribution in [0.25, 0.3) is 16.9 Å². The Morgan fingerprint density at radius 2 is 1.53 bits per heavy atom. The van der Waals surface area contributed by atoms with Gasteiger partial charge >= 0.3 is 11.9 Å². The molecule has 3 aromatic carbocycles. The van der Waals surface area contributed by atoms with Crippen molar-refractivity contribution in [3.8, 4) is 28.4 Å². The summed E-state index contributed by atoms with van der Waals surface area (Å²) in [6, 6.07) is 18.5. The molecule has 0 bridgehead atoms. The monoisotopic (exact) mass is 457 g/mol. The fourth-order valence-corrected chi connectivity index (χ4v) is 3.65. The maximum absolute atomic E-state index is 11.2.